The Morgan fingerprint density at radius 1 is 1.50 bits per heavy atom. The Balaban J connectivity index is 1.98. The van der Waals surface area contributed by atoms with Gasteiger partial charge in [0.05, 0.1) is 17.6 Å². The molecule has 1 aromatic carbocycles. The molecule has 4 heteroatoms. The SMILES string of the molecule is Cc1cccc2c1[nH]c(=O)n2CC1CCCOC1. The van der Waals surface area contributed by atoms with Crippen LogP contribution >= 0.6 is 0 Å². The van der Waals surface area contributed by atoms with Gasteiger partial charge in [0.1, 0.15) is 0 Å². The van der Waals surface area contributed by atoms with Crippen molar-refractivity contribution in [3.8, 4) is 0 Å². The molecule has 1 aliphatic heterocycles. The Hall–Kier alpha value is -1.55. The molecule has 1 atom stereocenters. The predicted octanol–water partition coefficient (Wildman–Crippen LogP) is 2.06. The highest BCUT2D eigenvalue weighted by atomic mass is 16.5. The van der Waals surface area contributed by atoms with Crippen LogP contribution in [0.3, 0.4) is 0 Å². The lowest BCUT2D eigenvalue weighted by molar-refractivity contribution is 0.0485. The summed E-state index contributed by atoms with van der Waals surface area (Å²) in [6.45, 7) is 4.40. The molecule has 1 saturated heterocycles. The molecule has 2 aromatic rings. The number of hydrogen-bond donors (Lipinski definition) is 1. The number of aromatic nitrogens is 2. The number of nitrogens with zero attached hydrogens (tertiary/aromatic N) is 1. The van der Waals surface area contributed by atoms with Gasteiger partial charge in [0, 0.05) is 19.1 Å². The molecular weight excluding hydrogens is 228 g/mol. The maximum absolute atomic E-state index is 12.0. The van der Waals surface area contributed by atoms with Crippen LogP contribution in [0.15, 0.2) is 23.0 Å². The fraction of sp³-hybridized carbons (Fsp3) is 0.500. The highest BCUT2D eigenvalue weighted by Gasteiger charge is 2.17. The van der Waals surface area contributed by atoms with Crippen molar-refractivity contribution in [2.45, 2.75) is 26.3 Å². The van der Waals surface area contributed by atoms with Crippen LogP contribution < -0.4 is 5.69 Å². The number of nitrogens with one attached hydrogen (secondary N) is 1. The Kier molecular flexibility index (Phi) is 2.96. The zero-order chi connectivity index (χ0) is 12.5. The van der Waals surface area contributed by atoms with Crippen LogP contribution in [0.25, 0.3) is 11.0 Å². The fourth-order valence-electron chi connectivity index (χ4n) is 2.71. The van der Waals surface area contributed by atoms with Gasteiger partial charge in [0.15, 0.2) is 0 Å². The third-order valence-corrected chi connectivity index (χ3v) is 3.71. The van der Waals surface area contributed by atoms with E-state index in [0.717, 1.165) is 49.2 Å². The largest absolute Gasteiger partial charge is 0.381 e. The molecule has 18 heavy (non-hydrogen) atoms. The van der Waals surface area contributed by atoms with Crippen molar-refractivity contribution < 1.29 is 4.74 Å². The predicted molar refractivity (Wildman–Crippen MR) is 70.8 cm³/mol. The molecule has 1 N–H and O–H groups in total. The number of H-pyrrole nitrogens is 1. The second kappa shape index (κ2) is 4.61. The third-order valence-electron chi connectivity index (χ3n) is 3.71. The summed E-state index contributed by atoms with van der Waals surface area (Å²) in [6.07, 6.45) is 2.24. The Morgan fingerprint density at radius 3 is 3.17 bits per heavy atom. The summed E-state index contributed by atoms with van der Waals surface area (Å²) >= 11 is 0. The summed E-state index contributed by atoms with van der Waals surface area (Å²) < 4.78 is 7.33. The van der Waals surface area contributed by atoms with Crippen molar-refractivity contribution in [1.82, 2.24) is 9.55 Å². The van der Waals surface area contributed by atoms with Crippen molar-refractivity contribution in [3.63, 3.8) is 0 Å². The normalized spacial score (nSPS) is 20.4. The van der Waals surface area contributed by atoms with Gasteiger partial charge in [0.2, 0.25) is 0 Å². The molecule has 0 bridgehead atoms. The number of imidazole rings is 1. The molecular formula is C14H18N2O2. The minimum atomic E-state index is -0.00938. The highest BCUT2D eigenvalue weighted by Crippen LogP contribution is 2.19. The quantitative estimate of drug-likeness (QED) is 0.881. The Bertz CT molecular complexity index is 606. The topological polar surface area (TPSA) is 47.0 Å². The molecule has 1 fully saturated rings. The van der Waals surface area contributed by atoms with E-state index in [0.29, 0.717) is 5.92 Å². The van der Waals surface area contributed by atoms with Crippen molar-refractivity contribution >= 4 is 11.0 Å². The van der Waals surface area contributed by atoms with Gasteiger partial charge < -0.3 is 9.72 Å². The summed E-state index contributed by atoms with van der Waals surface area (Å²) in [6, 6.07) is 6.02. The molecule has 1 aliphatic rings. The van der Waals surface area contributed by atoms with E-state index >= 15 is 0 Å². The van der Waals surface area contributed by atoms with Gasteiger partial charge in [-0.2, -0.15) is 0 Å². The average molecular weight is 246 g/mol. The van der Waals surface area contributed by atoms with Crippen LogP contribution in [0, 0.1) is 12.8 Å². The number of rotatable bonds is 2. The van der Waals surface area contributed by atoms with Gasteiger partial charge in [-0.1, -0.05) is 12.1 Å². The molecule has 0 radical (unpaired) electrons. The molecule has 2 heterocycles. The van der Waals surface area contributed by atoms with Crippen LogP contribution in [-0.2, 0) is 11.3 Å². The van der Waals surface area contributed by atoms with Crippen molar-refractivity contribution in [3.05, 3.63) is 34.2 Å². The first-order valence-electron chi connectivity index (χ1n) is 6.51. The summed E-state index contributed by atoms with van der Waals surface area (Å²) in [5, 5.41) is 0. The van der Waals surface area contributed by atoms with Crippen molar-refractivity contribution in [2.24, 2.45) is 5.92 Å². The first-order valence-corrected chi connectivity index (χ1v) is 6.51. The van der Waals surface area contributed by atoms with Gasteiger partial charge in [-0.15, -0.1) is 0 Å². The van der Waals surface area contributed by atoms with Crippen LogP contribution in [0.5, 0.6) is 0 Å². The van der Waals surface area contributed by atoms with E-state index in [9.17, 15) is 4.79 Å². The molecule has 1 unspecified atom stereocenters. The average Bonchev–Trinajstić information content (AvgIpc) is 2.70. The van der Waals surface area contributed by atoms with Crippen LogP contribution in [0.2, 0.25) is 0 Å². The minimum absolute atomic E-state index is 0.00938. The molecule has 0 amide bonds. The van der Waals surface area contributed by atoms with Crippen LogP contribution in [-0.4, -0.2) is 22.8 Å². The monoisotopic (exact) mass is 246 g/mol. The maximum Gasteiger partial charge on any atom is 0.326 e. The number of para-hydroxylation sites is 1. The second-order valence-corrected chi connectivity index (χ2v) is 5.09. The van der Waals surface area contributed by atoms with Gasteiger partial charge in [-0.05, 0) is 31.4 Å². The van der Waals surface area contributed by atoms with E-state index in [2.05, 4.69) is 4.98 Å². The number of benzene rings is 1. The lowest BCUT2D eigenvalue weighted by Crippen LogP contribution is -2.27. The molecule has 0 spiro atoms. The van der Waals surface area contributed by atoms with E-state index in [1.54, 1.807) is 0 Å². The molecule has 1 aromatic heterocycles. The Morgan fingerprint density at radius 2 is 2.39 bits per heavy atom. The molecule has 96 valence electrons. The first kappa shape index (κ1) is 11.5. The van der Waals surface area contributed by atoms with E-state index in [1.165, 1.54) is 0 Å². The summed E-state index contributed by atoms with van der Waals surface area (Å²) in [5.74, 6) is 0.455. The Labute approximate surface area is 106 Å². The number of aromatic amines is 1. The maximum atomic E-state index is 12.0. The number of hydrogen-bond acceptors (Lipinski definition) is 2. The zero-order valence-corrected chi connectivity index (χ0v) is 10.6. The lowest BCUT2D eigenvalue weighted by Gasteiger charge is -2.22. The van der Waals surface area contributed by atoms with Crippen LogP contribution in [0.4, 0.5) is 0 Å². The smallest absolute Gasteiger partial charge is 0.326 e. The molecule has 4 nitrogen and oxygen atoms in total. The fourth-order valence-corrected chi connectivity index (χ4v) is 2.71. The number of aryl methyl sites for hydroxylation is 1. The third kappa shape index (κ3) is 1.97. The lowest BCUT2D eigenvalue weighted by atomic mass is 10.0. The summed E-state index contributed by atoms with van der Waals surface area (Å²) in [5.41, 5.74) is 3.07. The van der Waals surface area contributed by atoms with E-state index in [1.807, 2.05) is 29.7 Å². The first-order chi connectivity index (χ1) is 8.75. The highest BCUT2D eigenvalue weighted by molar-refractivity contribution is 5.78. The minimum Gasteiger partial charge on any atom is -0.381 e. The standard InChI is InChI=1S/C14H18N2O2/c1-10-4-2-6-12-13(10)15-14(17)16(12)8-11-5-3-7-18-9-11/h2,4,6,11H,3,5,7-9H2,1H3,(H,15,17). The molecule has 0 saturated carbocycles. The van der Waals surface area contributed by atoms with Gasteiger partial charge in [-0.3, -0.25) is 4.57 Å². The molecule has 0 aliphatic carbocycles. The van der Waals surface area contributed by atoms with Crippen molar-refractivity contribution in [2.75, 3.05) is 13.2 Å². The second-order valence-electron chi connectivity index (χ2n) is 5.09. The molecule has 3 rings (SSSR count). The van der Waals surface area contributed by atoms with Crippen molar-refractivity contribution in [1.29, 1.82) is 0 Å². The zero-order valence-electron chi connectivity index (χ0n) is 10.6. The van der Waals surface area contributed by atoms with Gasteiger partial charge in [0.25, 0.3) is 0 Å². The van der Waals surface area contributed by atoms with Gasteiger partial charge in [-0.25, -0.2) is 4.79 Å². The van der Waals surface area contributed by atoms with Crippen LogP contribution in [0.1, 0.15) is 18.4 Å². The van der Waals surface area contributed by atoms with E-state index in [-0.39, 0.29) is 5.69 Å². The van der Waals surface area contributed by atoms with Gasteiger partial charge >= 0.3 is 5.69 Å². The number of fused-ring (bicyclic) bond motifs is 1. The van der Waals surface area contributed by atoms with E-state index < -0.39 is 0 Å². The summed E-state index contributed by atoms with van der Waals surface area (Å²) in [7, 11) is 0. The van der Waals surface area contributed by atoms with E-state index in [4.69, 9.17) is 4.74 Å². The number of ether oxygens (including phenoxy) is 1. The summed E-state index contributed by atoms with van der Waals surface area (Å²) in [4.78, 5) is 15.0.